The maximum Gasteiger partial charge on any atom is 0.251 e. The van der Waals surface area contributed by atoms with E-state index in [0.29, 0.717) is 5.56 Å². The van der Waals surface area contributed by atoms with Crippen molar-refractivity contribution in [2.45, 2.75) is 13.0 Å². The molecule has 0 spiro atoms. The maximum atomic E-state index is 12.1. The number of hydrogen-bond donors (Lipinski definition) is 2. The van der Waals surface area contributed by atoms with Gasteiger partial charge in [-0.2, -0.15) is 0 Å². The Labute approximate surface area is 107 Å². The normalized spacial score (nSPS) is 12.9. The smallest absolute Gasteiger partial charge is 0.251 e. The van der Waals surface area contributed by atoms with Gasteiger partial charge < -0.3 is 15.2 Å². The van der Waals surface area contributed by atoms with Crippen LogP contribution in [-0.4, -0.2) is 42.5 Å². The lowest BCUT2D eigenvalue weighted by Gasteiger charge is -2.18. The Balaban J connectivity index is 2.08. The van der Waals surface area contributed by atoms with Crippen molar-refractivity contribution in [3.05, 3.63) is 36.0 Å². The van der Waals surface area contributed by atoms with Crippen molar-refractivity contribution in [1.82, 2.24) is 15.2 Å². The van der Waals surface area contributed by atoms with E-state index in [-0.39, 0.29) is 11.9 Å². The number of nitrogens with one attached hydrogen (secondary N) is 2. The fraction of sp³-hybridized carbons (Fsp3) is 0.357. The van der Waals surface area contributed by atoms with Crippen LogP contribution in [0.25, 0.3) is 10.9 Å². The predicted molar refractivity (Wildman–Crippen MR) is 73.8 cm³/mol. The Kier molecular flexibility index (Phi) is 3.67. The zero-order chi connectivity index (χ0) is 13.1. The Morgan fingerprint density at radius 1 is 1.39 bits per heavy atom. The highest BCUT2D eigenvalue weighted by Gasteiger charge is 2.10. The summed E-state index contributed by atoms with van der Waals surface area (Å²) in [5.41, 5.74) is 1.68. The molecule has 1 aromatic carbocycles. The summed E-state index contributed by atoms with van der Waals surface area (Å²) in [6.07, 6.45) is 1.88. The number of amides is 1. The van der Waals surface area contributed by atoms with Gasteiger partial charge in [0.2, 0.25) is 0 Å². The number of hydrogen-bond acceptors (Lipinski definition) is 2. The molecule has 4 heteroatoms. The molecule has 0 fully saturated rings. The third-order valence-electron chi connectivity index (χ3n) is 2.83. The van der Waals surface area contributed by atoms with Gasteiger partial charge in [0.05, 0.1) is 0 Å². The van der Waals surface area contributed by atoms with Gasteiger partial charge in [-0.3, -0.25) is 4.79 Å². The Morgan fingerprint density at radius 2 is 2.17 bits per heavy atom. The number of carbonyl (C=O) groups is 1. The van der Waals surface area contributed by atoms with Gasteiger partial charge in [0, 0.05) is 29.9 Å². The molecule has 2 N–H and O–H groups in total. The van der Waals surface area contributed by atoms with Crippen molar-refractivity contribution in [3.63, 3.8) is 0 Å². The van der Waals surface area contributed by atoms with Gasteiger partial charge in [0.15, 0.2) is 0 Å². The Bertz CT molecular complexity index is 545. The monoisotopic (exact) mass is 245 g/mol. The molecule has 1 atom stereocenters. The zero-order valence-electron chi connectivity index (χ0n) is 11.0. The Morgan fingerprint density at radius 3 is 2.89 bits per heavy atom. The first-order chi connectivity index (χ1) is 8.56. The van der Waals surface area contributed by atoms with Gasteiger partial charge in [-0.1, -0.05) is 6.07 Å². The van der Waals surface area contributed by atoms with Crippen LogP contribution in [0.2, 0.25) is 0 Å². The first-order valence-corrected chi connectivity index (χ1v) is 6.09. The highest BCUT2D eigenvalue weighted by Crippen LogP contribution is 2.14. The Hall–Kier alpha value is -1.81. The standard InChI is InChI=1S/C14H19N3O/c1-10(9-17(2)3)16-14(18)12-5-4-11-6-7-15-13(11)8-12/h4-8,10,15H,9H2,1-3H3,(H,16,18). The largest absolute Gasteiger partial charge is 0.361 e. The van der Waals surface area contributed by atoms with E-state index in [1.165, 1.54) is 0 Å². The first kappa shape index (κ1) is 12.6. The molecule has 1 aromatic heterocycles. The van der Waals surface area contributed by atoms with Crippen LogP contribution in [0.5, 0.6) is 0 Å². The van der Waals surface area contributed by atoms with Gasteiger partial charge in [0.25, 0.3) is 5.91 Å². The average molecular weight is 245 g/mol. The molecule has 0 saturated carbocycles. The third kappa shape index (κ3) is 2.90. The fourth-order valence-corrected chi connectivity index (χ4v) is 2.09. The van der Waals surface area contributed by atoms with E-state index in [9.17, 15) is 4.79 Å². The minimum Gasteiger partial charge on any atom is -0.361 e. The van der Waals surface area contributed by atoms with Crippen LogP contribution in [0.3, 0.4) is 0 Å². The molecule has 0 aliphatic carbocycles. The van der Waals surface area contributed by atoms with E-state index in [1.807, 2.05) is 51.5 Å². The van der Waals surface area contributed by atoms with Gasteiger partial charge in [0.1, 0.15) is 0 Å². The van der Waals surface area contributed by atoms with Gasteiger partial charge in [-0.05, 0) is 44.6 Å². The minimum absolute atomic E-state index is 0.0270. The highest BCUT2D eigenvalue weighted by atomic mass is 16.1. The molecule has 2 rings (SSSR count). The summed E-state index contributed by atoms with van der Waals surface area (Å²) in [5.74, 6) is -0.0270. The van der Waals surface area contributed by atoms with Crippen LogP contribution >= 0.6 is 0 Å². The van der Waals surface area contributed by atoms with Crippen molar-refractivity contribution in [1.29, 1.82) is 0 Å². The molecule has 4 nitrogen and oxygen atoms in total. The number of likely N-dealkylation sites (N-methyl/N-ethyl adjacent to an activating group) is 1. The van der Waals surface area contributed by atoms with Crippen molar-refractivity contribution in [2.24, 2.45) is 0 Å². The summed E-state index contributed by atoms with van der Waals surface area (Å²) < 4.78 is 0. The van der Waals surface area contributed by atoms with Crippen LogP contribution in [-0.2, 0) is 0 Å². The quantitative estimate of drug-likeness (QED) is 0.863. The lowest BCUT2D eigenvalue weighted by Crippen LogP contribution is -2.39. The molecule has 0 aliphatic heterocycles. The topological polar surface area (TPSA) is 48.1 Å². The van der Waals surface area contributed by atoms with Crippen molar-refractivity contribution in [3.8, 4) is 0 Å². The van der Waals surface area contributed by atoms with Gasteiger partial charge in [-0.15, -0.1) is 0 Å². The predicted octanol–water partition coefficient (Wildman–Crippen LogP) is 1.85. The van der Waals surface area contributed by atoms with Crippen molar-refractivity contribution < 1.29 is 4.79 Å². The van der Waals surface area contributed by atoms with E-state index < -0.39 is 0 Å². The summed E-state index contributed by atoms with van der Waals surface area (Å²) in [6.45, 7) is 2.83. The molecule has 18 heavy (non-hydrogen) atoms. The third-order valence-corrected chi connectivity index (χ3v) is 2.83. The molecule has 96 valence electrons. The van der Waals surface area contributed by atoms with Crippen LogP contribution in [0.4, 0.5) is 0 Å². The lowest BCUT2D eigenvalue weighted by atomic mass is 10.1. The number of H-pyrrole nitrogens is 1. The number of rotatable bonds is 4. The van der Waals surface area contributed by atoms with Gasteiger partial charge >= 0.3 is 0 Å². The number of fused-ring (bicyclic) bond motifs is 1. The summed E-state index contributed by atoms with van der Waals surface area (Å²) in [5, 5.41) is 4.11. The number of nitrogens with zero attached hydrogens (tertiary/aromatic N) is 1. The first-order valence-electron chi connectivity index (χ1n) is 6.09. The number of aromatic nitrogens is 1. The second-order valence-electron chi connectivity index (χ2n) is 4.92. The SMILES string of the molecule is CC(CN(C)C)NC(=O)c1ccc2cc[nH]c2c1. The zero-order valence-corrected chi connectivity index (χ0v) is 11.0. The molecule has 0 bridgehead atoms. The van der Waals surface area contributed by atoms with E-state index >= 15 is 0 Å². The van der Waals surface area contributed by atoms with Gasteiger partial charge in [-0.25, -0.2) is 0 Å². The second-order valence-corrected chi connectivity index (χ2v) is 4.92. The van der Waals surface area contributed by atoms with Crippen molar-refractivity contribution >= 4 is 16.8 Å². The summed E-state index contributed by atoms with van der Waals surface area (Å²) in [4.78, 5) is 17.2. The fourth-order valence-electron chi connectivity index (χ4n) is 2.09. The van der Waals surface area contributed by atoms with E-state index in [0.717, 1.165) is 17.4 Å². The molecule has 0 radical (unpaired) electrons. The summed E-state index contributed by atoms with van der Waals surface area (Å²) >= 11 is 0. The van der Waals surface area contributed by atoms with Crippen LogP contribution in [0.1, 0.15) is 17.3 Å². The average Bonchev–Trinajstić information content (AvgIpc) is 2.74. The van der Waals surface area contributed by atoms with Crippen LogP contribution in [0, 0.1) is 0 Å². The second kappa shape index (κ2) is 5.23. The molecule has 2 aromatic rings. The van der Waals surface area contributed by atoms with Crippen LogP contribution < -0.4 is 5.32 Å². The molecule has 0 aliphatic rings. The lowest BCUT2D eigenvalue weighted by molar-refractivity contribution is 0.0934. The molecule has 0 saturated heterocycles. The number of aromatic amines is 1. The van der Waals surface area contributed by atoms with Crippen molar-refractivity contribution in [2.75, 3.05) is 20.6 Å². The number of benzene rings is 1. The number of carbonyl (C=O) groups excluding carboxylic acids is 1. The molecular formula is C14H19N3O. The van der Waals surface area contributed by atoms with E-state index in [1.54, 1.807) is 0 Å². The summed E-state index contributed by atoms with van der Waals surface area (Å²) in [7, 11) is 3.99. The minimum atomic E-state index is -0.0270. The molecule has 1 unspecified atom stereocenters. The van der Waals surface area contributed by atoms with Crippen LogP contribution in [0.15, 0.2) is 30.5 Å². The van der Waals surface area contributed by atoms with E-state index in [4.69, 9.17) is 0 Å². The molecule has 1 amide bonds. The van der Waals surface area contributed by atoms with E-state index in [2.05, 4.69) is 15.2 Å². The summed E-state index contributed by atoms with van der Waals surface area (Å²) in [6, 6.07) is 7.82. The molecular weight excluding hydrogens is 226 g/mol. The highest BCUT2D eigenvalue weighted by molar-refractivity contribution is 5.98. The molecule has 1 heterocycles. The maximum absolute atomic E-state index is 12.1.